The number of rotatable bonds is 3. The molecule has 0 saturated carbocycles. The Bertz CT molecular complexity index is 719. The van der Waals surface area contributed by atoms with Crippen molar-refractivity contribution in [3.05, 3.63) is 33.3 Å². The number of carbonyl (C=O) groups excluding carboxylic acids is 4. The van der Waals surface area contributed by atoms with Crippen LogP contribution in [0.3, 0.4) is 0 Å². The van der Waals surface area contributed by atoms with Crippen molar-refractivity contribution in [3.63, 3.8) is 0 Å². The molecule has 0 aromatic rings. The molecule has 18 heavy (non-hydrogen) atoms. The van der Waals surface area contributed by atoms with E-state index in [2.05, 4.69) is 6.58 Å². The summed E-state index contributed by atoms with van der Waals surface area (Å²) in [5.41, 5.74) is 0.503. The van der Waals surface area contributed by atoms with E-state index in [1.807, 2.05) is 0 Å². The molecule has 6 heteroatoms. The number of hydrogen-bond donors (Lipinski definition) is 0. The Morgan fingerprint density at radius 3 is 2.22 bits per heavy atom. The van der Waals surface area contributed by atoms with Gasteiger partial charge in [0.25, 0.3) is 0 Å². The van der Waals surface area contributed by atoms with Gasteiger partial charge in [-0.1, -0.05) is 0 Å². The summed E-state index contributed by atoms with van der Waals surface area (Å²) < 4.78 is 0.0376. The summed E-state index contributed by atoms with van der Waals surface area (Å²) >= 11 is 2.03. The van der Waals surface area contributed by atoms with Crippen molar-refractivity contribution in [2.45, 2.75) is 13.3 Å². The van der Waals surface area contributed by atoms with Crippen molar-refractivity contribution in [3.8, 4) is 0 Å². The Morgan fingerprint density at radius 2 is 1.83 bits per heavy atom. The second-order valence-electron chi connectivity index (χ2n) is 3.46. The third kappa shape index (κ3) is 2.20. The fourth-order valence-corrected chi connectivity index (χ4v) is 3.64. The third-order valence-corrected chi connectivity index (χ3v) is 5.44. The van der Waals surface area contributed by atoms with Crippen LogP contribution in [0.5, 0.6) is 0 Å². The van der Waals surface area contributed by atoms with Crippen LogP contribution in [0.1, 0.15) is 13.3 Å². The van der Waals surface area contributed by atoms with E-state index in [9.17, 15) is 19.2 Å². The molecule has 0 aromatic carbocycles. The van der Waals surface area contributed by atoms with E-state index in [-0.39, 0.29) is 32.9 Å². The van der Waals surface area contributed by atoms with E-state index in [1.54, 1.807) is 0 Å². The van der Waals surface area contributed by atoms with Crippen LogP contribution in [0.25, 0.3) is 0 Å². The van der Waals surface area contributed by atoms with E-state index in [0.29, 0.717) is 0 Å². The van der Waals surface area contributed by atoms with Crippen molar-refractivity contribution >= 4 is 31.7 Å². The van der Waals surface area contributed by atoms with Gasteiger partial charge in [-0.15, -0.1) is 0 Å². The van der Waals surface area contributed by atoms with Crippen LogP contribution in [0.4, 0.5) is 0 Å². The molecule has 0 spiro atoms. The van der Waals surface area contributed by atoms with Gasteiger partial charge >= 0.3 is 109 Å². The van der Waals surface area contributed by atoms with E-state index in [4.69, 9.17) is 11.6 Å². The molecule has 0 atom stereocenters. The summed E-state index contributed by atoms with van der Waals surface area (Å²) in [5, 5.41) is -0.0504. The number of allylic oxidation sites excluding steroid dienone is 5. The Hall–Kier alpha value is -1.56. The normalized spacial score (nSPS) is 14.4. The first-order chi connectivity index (χ1) is 8.43. The zero-order chi connectivity index (χ0) is 13.9. The number of halogens is 1. The Morgan fingerprint density at radius 1 is 1.33 bits per heavy atom. The topological polar surface area (TPSA) is 68.3 Å². The predicted molar refractivity (Wildman–Crippen MR) is 62.5 cm³/mol. The fraction of sp³-hybridized carbons (Fsp3) is 0.167. The molecule has 1 rings (SSSR count). The van der Waals surface area contributed by atoms with E-state index >= 15 is 0 Å². The molecule has 4 nitrogen and oxygen atoms in total. The van der Waals surface area contributed by atoms with Crippen LogP contribution in [0, 0.1) is 0 Å². The van der Waals surface area contributed by atoms with E-state index in [0.717, 1.165) is 0 Å². The molecular weight excluding hydrogens is 299 g/mol. The van der Waals surface area contributed by atoms with Crippen LogP contribution >= 0.6 is 11.6 Å². The second kappa shape index (κ2) is 5.39. The summed E-state index contributed by atoms with van der Waals surface area (Å²) in [6.07, 6.45) is 1.56. The van der Waals surface area contributed by atoms with Gasteiger partial charge in [0.05, 0.1) is 0 Å². The molecule has 0 amide bonds. The summed E-state index contributed by atoms with van der Waals surface area (Å²) in [4.78, 5) is 48.4. The van der Waals surface area contributed by atoms with Gasteiger partial charge in [-0.2, -0.15) is 0 Å². The zero-order valence-corrected chi connectivity index (χ0v) is 11.3. The summed E-state index contributed by atoms with van der Waals surface area (Å²) in [6, 6.07) is 0. The first kappa shape index (κ1) is 14.5. The van der Waals surface area contributed by atoms with Crippen molar-refractivity contribution in [1.29, 1.82) is 0 Å². The predicted octanol–water partition coefficient (Wildman–Crippen LogP) is 1.27. The van der Waals surface area contributed by atoms with E-state index < -0.39 is 11.5 Å². The van der Waals surface area contributed by atoms with Gasteiger partial charge in [0, 0.05) is 0 Å². The average molecular weight is 307 g/mol. The van der Waals surface area contributed by atoms with Crippen molar-refractivity contribution in [2.75, 3.05) is 0 Å². The van der Waals surface area contributed by atoms with Gasteiger partial charge in [-0.05, 0) is 0 Å². The number of Topliss-reactive ketones (excluding diaryl/α,β-unsaturated/α-hetero) is 1. The monoisotopic (exact) mass is 306 g/mol. The minimum absolute atomic E-state index is 0.0376. The number of carbonyl (C=O) groups is 1. The van der Waals surface area contributed by atoms with Crippen LogP contribution < -0.4 is 0 Å². The van der Waals surface area contributed by atoms with Gasteiger partial charge in [-0.3, -0.25) is 0 Å². The average Bonchev–Trinajstić information content (AvgIpc) is 2.74. The van der Waals surface area contributed by atoms with Gasteiger partial charge in [0.1, 0.15) is 0 Å². The van der Waals surface area contributed by atoms with Crippen LogP contribution in [-0.4, -0.2) is 20.1 Å². The minimum atomic E-state index is -3.92. The molecule has 0 aromatic heterocycles. The standard InChI is InChI=1S/C9H8ClO.3CO.Mn/c1-6(2)9(11)7-4-3-5-8(7)10;3*1-2;/h3H,1,4H2,2H3;;;;. The van der Waals surface area contributed by atoms with Gasteiger partial charge in [0.2, 0.25) is 0 Å². The van der Waals surface area contributed by atoms with Gasteiger partial charge in [0.15, 0.2) is 0 Å². The van der Waals surface area contributed by atoms with Gasteiger partial charge < -0.3 is 0 Å². The SMILES string of the molecule is C=C(C)C(=O)C1=C(Cl)[C]([Mn](=[C]=O)(=[C]=O)=[C]=O)=CC1. The molecule has 0 heterocycles. The van der Waals surface area contributed by atoms with Crippen molar-refractivity contribution in [1.82, 2.24) is 0 Å². The van der Waals surface area contributed by atoms with Crippen molar-refractivity contribution < 1.29 is 30.7 Å². The van der Waals surface area contributed by atoms with Gasteiger partial charge in [-0.25, -0.2) is 0 Å². The molecule has 94 valence electrons. The molecule has 0 bridgehead atoms. The number of hydrogen-bond acceptors (Lipinski definition) is 4. The summed E-state index contributed by atoms with van der Waals surface area (Å²) in [5.74, 6) is -0.364. The molecule has 0 unspecified atom stereocenters. The van der Waals surface area contributed by atoms with Crippen molar-refractivity contribution in [2.24, 2.45) is 0 Å². The first-order valence-electron chi connectivity index (χ1n) is 4.67. The summed E-state index contributed by atoms with van der Waals surface area (Å²) in [7, 11) is 0. The van der Waals surface area contributed by atoms with Crippen LogP contribution in [0.2, 0.25) is 0 Å². The molecule has 0 N–H and O–H groups in total. The molecule has 0 aliphatic heterocycles. The van der Waals surface area contributed by atoms with Crippen LogP contribution in [-0.2, 0) is 30.7 Å². The molecule has 1 aliphatic rings. The quantitative estimate of drug-likeness (QED) is 0.581. The molecule has 0 saturated heterocycles. The first-order valence-corrected chi connectivity index (χ1v) is 7.40. The molecule has 0 fully saturated rings. The Balaban J connectivity index is 3.60. The second-order valence-corrected chi connectivity index (χ2v) is 6.96. The van der Waals surface area contributed by atoms with Crippen LogP contribution in [0.15, 0.2) is 33.3 Å². The summed E-state index contributed by atoms with van der Waals surface area (Å²) in [6.45, 7) is 5.02. The third-order valence-electron chi connectivity index (χ3n) is 2.27. The maximum atomic E-state index is 11.7. The fourth-order valence-electron chi connectivity index (χ4n) is 1.38. The number of ketones is 1. The molecule has 0 radical (unpaired) electrons. The Labute approximate surface area is 109 Å². The van der Waals surface area contributed by atoms with E-state index in [1.165, 1.54) is 27.4 Å². The maximum absolute atomic E-state index is 11.7. The molecule has 1 aliphatic carbocycles. The molecular formula is C12H8ClMnO4. The Kier molecular flexibility index (Phi) is 4.34. The zero-order valence-electron chi connectivity index (χ0n) is 9.38.